The van der Waals surface area contributed by atoms with Gasteiger partial charge in [-0.1, -0.05) is 31.0 Å². The lowest BCUT2D eigenvalue weighted by Crippen LogP contribution is -2.46. The Bertz CT molecular complexity index is 1510. The average molecular weight is 574 g/mol. The Balaban J connectivity index is 1.59. The highest BCUT2D eigenvalue weighted by atomic mass is 31.2. The molecule has 0 aliphatic carbocycles. The van der Waals surface area contributed by atoms with Crippen LogP contribution in [0, 0.1) is 25.2 Å². The predicted octanol–water partition coefficient (Wildman–Crippen LogP) is 2.53. The molecule has 1 fully saturated rings. The molecule has 1 aromatic carbocycles. The molecular weight excluding hydrogens is 541 g/mol. The number of nitrogens with zero attached hydrogens (tertiary/aromatic N) is 2. The van der Waals surface area contributed by atoms with Crippen molar-refractivity contribution < 1.29 is 38.1 Å². The van der Waals surface area contributed by atoms with E-state index in [2.05, 4.69) is 15.9 Å². The number of benzene rings is 1. The summed E-state index contributed by atoms with van der Waals surface area (Å²) in [4.78, 5) is 31.7. The third-order valence-corrected chi connectivity index (χ3v) is 8.37. The Morgan fingerprint density at radius 2 is 2.00 bits per heavy atom. The molecule has 0 saturated carbocycles. The Labute approximate surface area is 230 Å². The maximum Gasteiger partial charge on any atom is 0.380 e. The summed E-state index contributed by atoms with van der Waals surface area (Å²) in [5.41, 5.74) is -2.46. The van der Waals surface area contributed by atoms with Crippen LogP contribution >= 0.6 is 7.60 Å². The summed E-state index contributed by atoms with van der Waals surface area (Å²) in [6.07, 6.45) is 2.08. The monoisotopic (exact) mass is 573 g/mol. The number of H-pyrrole nitrogens is 1. The SMILES string of the molecule is C#CC1(O)[C@@H](O)[C@@H](CO[P@@](=O)(C[C@@H](C)C(=O)OC(C)C)Oc2ccccc2)O[C@H]1n1ccc2c(=O)[nH]c(C)nc21. The number of para-hydroxylation sites is 1. The van der Waals surface area contributed by atoms with Gasteiger partial charge in [-0.2, -0.15) is 0 Å². The predicted molar refractivity (Wildman–Crippen MR) is 145 cm³/mol. The summed E-state index contributed by atoms with van der Waals surface area (Å²) in [5, 5.41) is 22.5. The van der Waals surface area contributed by atoms with E-state index in [1.165, 1.54) is 23.8 Å². The molecule has 1 aliphatic heterocycles. The fraction of sp³-hybridized carbons (Fsp3) is 0.444. The highest BCUT2D eigenvalue weighted by molar-refractivity contribution is 7.54. The molecule has 214 valence electrons. The van der Waals surface area contributed by atoms with E-state index in [4.69, 9.17) is 24.9 Å². The lowest BCUT2D eigenvalue weighted by molar-refractivity contribution is -0.151. The second kappa shape index (κ2) is 11.6. The Morgan fingerprint density at radius 3 is 2.65 bits per heavy atom. The van der Waals surface area contributed by atoms with Gasteiger partial charge < -0.3 is 33.8 Å². The van der Waals surface area contributed by atoms with Crippen molar-refractivity contribution in [2.45, 2.75) is 57.8 Å². The maximum absolute atomic E-state index is 13.9. The highest BCUT2D eigenvalue weighted by Gasteiger charge is 2.56. The Kier molecular flexibility index (Phi) is 8.54. The van der Waals surface area contributed by atoms with Gasteiger partial charge in [0.2, 0.25) is 0 Å². The van der Waals surface area contributed by atoms with Gasteiger partial charge in [0.1, 0.15) is 29.4 Å². The number of esters is 1. The van der Waals surface area contributed by atoms with Crippen LogP contribution in [-0.4, -0.2) is 67.4 Å². The number of carbonyl (C=O) groups is 1. The van der Waals surface area contributed by atoms with Crippen LogP contribution < -0.4 is 10.1 Å². The number of aromatic nitrogens is 3. The minimum Gasteiger partial charge on any atom is -0.463 e. The average Bonchev–Trinajstić information content (AvgIpc) is 3.42. The number of aliphatic hydroxyl groups is 2. The van der Waals surface area contributed by atoms with Crippen molar-refractivity contribution in [3.8, 4) is 18.1 Å². The molecule has 2 aromatic heterocycles. The fourth-order valence-electron chi connectivity index (χ4n) is 4.38. The van der Waals surface area contributed by atoms with Gasteiger partial charge in [-0.05, 0) is 39.0 Å². The number of hydrogen-bond donors (Lipinski definition) is 3. The first kappa shape index (κ1) is 29.5. The van der Waals surface area contributed by atoms with Crippen molar-refractivity contribution in [2.75, 3.05) is 12.8 Å². The lowest BCUT2D eigenvalue weighted by Gasteiger charge is -2.26. The van der Waals surface area contributed by atoms with E-state index in [0.29, 0.717) is 5.82 Å². The number of hydrogen-bond acceptors (Lipinski definition) is 10. The highest BCUT2D eigenvalue weighted by Crippen LogP contribution is 2.51. The van der Waals surface area contributed by atoms with Gasteiger partial charge in [-0.25, -0.2) is 9.55 Å². The van der Waals surface area contributed by atoms with E-state index in [1.54, 1.807) is 51.1 Å². The van der Waals surface area contributed by atoms with Crippen molar-refractivity contribution in [3.05, 3.63) is 58.8 Å². The fourth-order valence-corrected chi connectivity index (χ4v) is 6.25. The molecule has 1 unspecified atom stereocenters. The van der Waals surface area contributed by atoms with E-state index in [9.17, 15) is 24.4 Å². The zero-order chi connectivity index (χ0) is 29.2. The number of rotatable bonds is 10. The second-order valence-corrected chi connectivity index (χ2v) is 12.0. The normalized spacial score (nSPS) is 24.9. The Hall–Kier alpha value is -3.46. The minimum atomic E-state index is -4.05. The summed E-state index contributed by atoms with van der Waals surface area (Å²) >= 11 is 0. The third-order valence-electron chi connectivity index (χ3n) is 6.34. The summed E-state index contributed by atoms with van der Waals surface area (Å²) in [6.45, 7) is 6.02. The number of aryl methyl sites for hydroxylation is 1. The first-order valence-corrected chi connectivity index (χ1v) is 14.4. The van der Waals surface area contributed by atoms with Crippen LogP contribution in [0.1, 0.15) is 32.8 Å². The molecule has 0 amide bonds. The van der Waals surface area contributed by atoms with Crippen LogP contribution in [0.2, 0.25) is 0 Å². The van der Waals surface area contributed by atoms with Gasteiger partial charge in [-0.15, -0.1) is 6.42 Å². The molecule has 0 spiro atoms. The lowest BCUT2D eigenvalue weighted by atomic mass is 9.95. The van der Waals surface area contributed by atoms with Crippen molar-refractivity contribution in [1.29, 1.82) is 0 Å². The molecule has 3 heterocycles. The first-order valence-electron chi connectivity index (χ1n) is 12.7. The molecule has 1 saturated heterocycles. The largest absolute Gasteiger partial charge is 0.463 e. The molecule has 12 nitrogen and oxygen atoms in total. The molecule has 0 bridgehead atoms. The molecular formula is C27H32N3O9P. The van der Waals surface area contributed by atoms with Gasteiger partial charge >= 0.3 is 13.6 Å². The number of aromatic amines is 1. The maximum atomic E-state index is 13.9. The summed E-state index contributed by atoms with van der Waals surface area (Å²) in [7, 11) is -4.05. The smallest absolute Gasteiger partial charge is 0.380 e. The summed E-state index contributed by atoms with van der Waals surface area (Å²) in [5.74, 6) is 1.33. The van der Waals surface area contributed by atoms with Gasteiger partial charge in [0, 0.05) is 6.20 Å². The van der Waals surface area contributed by atoms with E-state index in [0.717, 1.165) is 0 Å². The molecule has 3 N–H and O–H groups in total. The van der Waals surface area contributed by atoms with E-state index in [-0.39, 0.29) is 29.0 Å². The molecule has 6 atom stereocenters. The van der Waals surface area contributed by atoms with E-state index < -0.39 is 55.7 Å². The number of ether oxygens (including phenoxy) is 2. The second-order valence-electron chi connectivity index (χ2n) is 9.93. The van der Waals surface area contributed by atoms with Gasteiger partial charge in [-0.3, -0.25) is 14.1 Å². The van der Waals surface area contributed by atoms with Crippen LogP contribution in [-0.2, 0) is 23.4 Å². The zero-order valence-electron chi connectivity index (χ0n) is 22.5. The number of terminal acetylenes is 1. The van der Waals surface area contributed by atoms with Crippen molar-refractivity contribution >= 4 is 24.6 Å². The van der Waals surface area contributed by atoms with Gasteiger partial charge in [0.25, 0.3) is 5.56 Å². The number of carbonyl (C=O) groups excluding carboxylic acids is 1. The number of aliphatic hydroxyl groups excluding tert-OH is 1. The topological polar surface area (TPSA) is 162 Å². The molecule has 40 heavy (non-hydrogen) atoms. The number of fused-ring (bicyclic) bond motifs is 1. The van der Waals surface area contributed by atoms with Crippen LogP contribution in [0.5, 0.6) is 5.75 Å². The molecule has 1 aliphatic rings. The molecule has 13 heteroatoms. The molecule has 0 radical (unpaired) electrons. The van der Waals surface area contributed by atoms with Crippen LogP contribution in [0.25, 0.3) is 11.0 Å². The van der Waals surface area contributed by atoms with Gasteiger partial charge in [0.05, 0.1) is 30.2 Å². The van der Waals surface area contributed by atoms with Crippen molar-refractivity contribution in [2.24, 2.45) is 5.92 Å². The van der Waals surface area contributed by atoms with Crippen LogP contribution in [0.3, 0.4) is 0 Å². The van der Waals surface area contributed by atoms with Crippen LogP contribution in [0.4, 0.5) is 0 Å². The van der Waals surface area contributed by atoms with E-state index >= 15 is 0 Å². The van der Waals surface area contributed by atoms with Crippen molar-refractivity contribution in [1.82, 2.24) is 14.5 Å². The summed E-state index contributed by atoms with van der Waals surface area (Å²) in [6, 6.07) is 9.75. The third kappa shape index (κ3) is 5.99. The van der Waals surface area contributed by atoms with Crippen molar-refractivity contribution in [3.63, 3.8) is 0 Å². The minimum absolute atomic E-state index is 0.185. The molecule has 3 aromatic rings. The number of nitrogens with one attached hydrogen (secondary N) is 1. The Morgan fingerprint density at radius 1 is 1.30 bits per heavy atom. The van der Waals surface area contributed by atoms with Crippen LogP contribution in [0.15, 0.2) is 47.4 Å². The first-order chi connectivity index (χ1) is 18.9. The zero-order valence-corrected chi connectivity index (χ0v) is 23.4. The van der Waals surface area contributed by atoms with Gasteiger partial charge in [0.15, 0.2) is 11.8 Å². The standard InChI is InChI=1S/C27H32N3O9P/c1-6-27(34)22(31)21(38-26(27)30-13-12-20-23(30)28-18(5)29-24(20)32)14-36-40(35,39-19-10-8-7-9-11-19)15-17(4)25(33)37-16(2)3/h1,7-13,16-17,21-22,26,31,34H,14-15H2,2-5H3,(H,28,29,32)/t17-,21-,22+,26-,27?,40+/m1/s1. The quantitative estimate of drug-likeness (QED) is 0.187. The summed E-state index contributed by atoms with van der Waals surface area (Å²) < 4.78 is 37.9. The van der Waals surface area contributed by atoms with E-state index in [1.807, 2.05) is 0 Å². The molecule has 4 rings (SSSR count).